The van der Waals surface area contributed by atoms with Crippen LogP contribution in [0, 0.1) is 12.8 Å². The number of aliphatic hydroxyl groups excluding tert-OH is 1. The summed E-state index contributed by atoms with van der Waals surface area (Å²) in [5.41, 5.74) is 7.46. The Hall–Kier alpha value is -1.23. The van der Waals surface area contributed by atoms with Gasteiger partial charge in [-0.25, -0.2) is 0 Å². The first kappa shape index (κ1) is 11.3. The highest BCUT2D eigenvalue weighted by Gasteiger charge is 2.25. The van der Waals surface area contributed by atoms with Gasteiger partial charge in [0, 0.05) is 19.5 Å². The minimum absolute atomic E-state index is 0.164. The van der Waals surface area contributed by atoms with E-state index in [-0.39, 0.29) is 6.10 Å². The second-order valence-corrected chi connectivity index (χ2v) is 4.61. The SMILES string of the molecule is Cc1nn(C)c(NCC2CCCC2O)c1N. The highest BCUT2D eigenvalue weighted by atomic mass is 16.3. The highest BCUT2D eigenvalue weighted by Crippen LogP contribution is 2.27. The first-order valence-corrected chi connectivity index (χ1v) is 5.80. The number of rotatable bonds is 3. The third-order valence-electron chi connectivity index (χ3n) is 3.42. The molecule has 5 heteroatoms. The van der Waals surface area contributed by atoms with Gasteiger partial charge in [-0.1, -0.05) is 6.42 Å². The van der Waals surface area contributed by atoms with Crippen molar-refractivity contribution in [2.45, 2.75) is 32.3 Å². The van der Waals surface area contributed by atoms with E-state index in [4.69, 9.17) is 5.73 Å². The van der Waals surface area contributed by atoms with Crippen molar-refractivity contribution in [1.82, 2.24) is 9.78 Å². The molecule has 1 aromatic rings. The number of aryl methyl sites for hydroxylation is 2. The molecule has 0 aromatic carbocycles. The Bertz CT molecular complexity index is 374. The van der Waals surface area contributed by atoms with Crippen LogP contribution in [0.3, 0.4) is 0 Å². The van der Waals surface area contributed by atoms with E-state index < -0.39 is 0 Å². The van der Waals surface area contributed by atoms with Gasteiger partial charge in [0.15, 0.2) is 0 Å². The minimum atomic E-state index is -0.164. The summed E-state index contributed by atoms with van der Waals surface area (Å²) in [6, 6.07) is 0. The van der Waals surface area contributed by atoms with Crippen LogP contribution in [0.4, 0.5) is 11.5 Å². The van der Waals surface area contributed by atoms with Crippen LogP contribution >= 0.6 is 0 Å². The van der Waals surface area contributed by atoms with Crippen molar-refractivity contribution in [1.29, 1.82) is 0 Å². The molecular weight excluding hydrogens is 204 g/mol. The van der Waals surface area contributed by atoms with Gasteiger partial charge in [-0.05, 0) is 19.8 Å². The zero-order chi connectivity index (χ0) is 11.7. The topological polar surface area (TPSA) is 76.1 Å². The lowest BCUT2D eigenvalue weighted by molar-refractivity contribution is 0.138. The molecular formula is C11H20N4O. The predicted molar refractivity (Wildman–Crippen MR) is 64.2 cm³/mol. The van der Waals surface area contributed by atoms with E-state index in [9.17, 15) is 5.11 Å². The van der Waals surface area contributed by atoms with Gasteiger partial charge in [-0.2, -0.15) is 5.10 Å². The number of nitrogens with one attached hydrogen (secondary N) is 1. The van der Waals surface area contributed by atoms with Crippen LogP contribution in [0.15, 0.2) is 0 Å². The number of nitrogen functional groups attached to an aromatic ring is 1. The maximum Gasteiger partial charge on any atom is 0.147 e. The number of anilines is 2. The normalized spacial score (nSPS) is 24.9. The van der Waals surface area contributed by atoms with Crippen molar-refractivity contribution in [3.63, 3.8) is 0 Å². The van der Waals surface area contributed by atoms with Crippen molar-refractivity contribution in [2.75, 3.05) is 17.6 Å². The first-order valence-electron chi connectivity index (χ1n) is 5.80. The maximum absolute atomic E-state index is 9.72. The fourth-order valence-corrected chi connectivity index (χ4v) is 2.37. The van der Waals surface area contributed by atoms with Crippen molar-refractivity contribution >= 4 is 11.5 Å². The zero-order valence-electron chi connectivity index (χ0n) is 9.90. The van der Waals surface area contributed by atoms with Gasteiger partial charge in [-0.3, -0.25) is 4.68 Å². The third kappa shape index (κ3) is 2.00. The molecule has 0 radical (unpaired) electrons. The molecule has 0 amide bonds. The number of hydrogen-bond donors (Lipinski definition) is 3. The largest absolute Gasteiger partial charge is 0.394 e. The highest BCUT2D eigenvalue weighted by molar-refractivity contribution is 5.64. The molecule has 2 atom stereocenters. The molecule has 2 unspecified atom stereocenters. The fourth-order valence-electron chi connectivity index (χ4n) is 2.37. The van der Waals surface area contributed by atoms with Gasteiger partial charge < -0.3 is 16.2 Å². The lowest BCUT2D eigenvalue weighted by Crippen LogP contribution is -2.23. The summed E-state index contributed by atoms with van der Waals surface area (Å²) in [4.78, 5) is 0. The number of nitrogens with two attached hydrogens (primary N) is 1. The Kier molecular flexibility index (Phi) is 3.05. The van der Waals surface area contributed by atoms with Crippen molar-refractivity contribution in [2.24, 2.45) is 13.0 Å². The quantitative estimate of drug-likeness (QED) is 0.712. The lowest BCUT2D eigenvalue weighted by Gasteiger charge is -2.16. The van der Waals surface area contributed by atoms with Crippen molar-refractivity contribution in [3.05, 3.63) is 5.69 Å². The summed E-state index contributed by atoms with van der Waals surface area (Å²) < 4.78 is 1.76. The standard InChI is InChI=1S/C11H20N4O/c1-7-10(12)11(15(2)14-7)13-6-8-4-3-5-9(8)16/h8-9,13,16H,3-6,12H2,1-2H3. The van der Waals surface area contributed by atoms with E-state index in [0.717, 1.165) is 37.3 Å². The van der Waals surface area contributed by atoms with Crippen LogP contribution in [0.1, 0.15) is 25.0 Å². The third-order valence-corrected chi connectivity index (χ3v) is 3.42. The van der Waals surface area contributed by atoms with Crippen LogP contribution in [0.25, 0.3) is 0 Å². The summed E-state index contributed by atoms with van der Waals surface area (Å²) in [6.45, 7) is 2.66. The van der Waals surface area contributed by atoms with Crippen LogP contribution in [-0.4, -0.2) is 27.5 Å². The molecule has 2 rings (SSSR count). The lowest BCUT2D eigenvalue weighted by atomic mass is 10.1. The Balaban J connectivity index is 1.99. The molecule has 0 aliphatic heterocycles. The van der Waals surface area contributed by atoms with Crippen LogP contribution in [-0.2, 0) is 7.05 Å². The van der Waals surface area contributed by atoms with Gasteiger partial charge in [0.25, 0.3) is 0 Å². The van der Waals surface area contributed by atoms with Gasteiger partial charge >= 0.3 is 0 Å². The number of hydrogen-bond acceptors (Lipinski definition) is 4. The van der Waals surface area contributed by atoms with E-state index in [0.29, 0.717) is 11.6 Å². The molecule has 16 heavy (non-hydrogen) atoms. The smallest absolute Gasteiger partial charge is 0.147 e. The maximum atomic E-state index is 9.72. The van der Waals surface area contributed by atoms with Crippen molar-refractivity contribution < 1.29 is 5.11 Å². The average Bonchev–Trinajstić information content (AvgIpc) is 2.72. The molecule has 5 nitrogen and oxygen atoms in total. The molecule has 1 aliphatic carbocycles. The van der Waals surface area contributed by atoms with Crippen LogP contribution in [0.2, 0.25) is 0 Å². The molecule has 1 aliphatic rings. The molecule has 1 heterocycles. The Morgan fingerprint density at radius 2 is 2.31 bits per heavy atom. The zero-order valence-corrected chi connectivity index (χ0v) is 9.90. The van der Waals surface area contributed by atoms with Gasteiger partial charge in [-0.15, -0.1) is 0 Å². The van der Waals surface area contributed by atoms with Crippen LogP contribution in [0.5, 0.6) is 0 Å². The van der Waals surface area contributed by atoms with Crippen molar-refractivity contribution in [3.8, 4) is 0 Å². The minimum Gasteiger partial charge on any atom is -0.394 e. The summed E-state index contributed by atoms with van der Waals surface area (Å²) >= 11 is 0. The van der Waals surface area contributed by atoms with E-state index in [2.05, 4.69) is 10.4 Å². The number of aromatic nitrogens is 2. The average molecular weight is 224 g/mol. The number of nitrogens with zero attached hydrogens (tertiary/aromatic N) is 2. The van der Waals surface area contributed by atoms with E-state index in [1.54, 1.807) is 4.68 Å². The Labute approximate surface area is 95.6 Å². The Morgan fingerprint density at radius 1 is 1.56 bits per heavy atom. The van der Waals surface area contributed by atoms with E-state index >= 15 is 0 Å². The first-order chi connectivity index (χ1) is 7.59. The van der Waals surface area contributed by atoms with E-state index in [1.165, 1.54) is 0 Å². The number of aliphatic hydroxyl groups is 1. The monoisotopic (exact) mass is 224 g/mol. The molecule has 0 saturated heterocycles. The second-order valence-electron chi connectivity index (χ2n) is 4.61. The Morgan fingerprint density at radius 3 is 2.81 bits per heavy atom. The molecule has 4 N–H and O–H groups in total. The summed E-state index contributed by atoms with van der Waals surface area (Å²) in [5, 5.41) is 17.2. The molecule has 1 aromatic heterocycles. The van der Waals surface area contributed by atoms with E-state index in [1.807, 2.05) is 14.0 Å². The summed E-state index contributed by atoms with van der Waals surface area (Å²) in [6.07, 6.45) is 2.97. The van der Waals surface area contributed by atoms with Gasteiger partial charge in [0.2, 0.25) is 0 Å². The fraction of sp³-hybridized carbons (Fsp3) is 0.727. The molecule has 0 bridgehead atoms. The molecule has 0 spiro atoms. The molecule has 90 valence electrons. The molecule has 1 fully saturated rings. The van der Waals surface area contributed by atoms with Gasteiger partial charge in [0.05, 0.1) is 17.5 Å². The second kappa shape index (κ2) is 4.33. The summed E-state index contributed by atoms with van der Waals surface area (Å²) in [7, 11) is 1.87. The van der Waals surface area contributed by atoms with Crippen LogP contribution < -0.4 is 11.1 Å². The predicted octanol–water partition coefficient (Wildman–Crippen LogP) is 0.884. The summed E-state index contributed by atoms with van der Waals surface area (Å²) in [5.74, 6) is 1.20. The molecule has 1 saturated carbocycles. The van der Waals surface area contributed by atoms with Gasteiger partial charge in [0.1, 0.15) is 5.82 Å².